The molecule has 8 nitrogen and oxygen atoms in total. The van der Waals surface area contributed by atoms with Gasteiger partial charge in [0.1, 0.15) is 11.4 Å². The quantitative estimate of drug-likeness (QED) is 0.461. The van der Waals surface area contributed by atoms with E-state index in [1.165, 1.54) is 0 Å². The molecule has 0 radical (unpaired) electrons. The van der Waals surface area contributed by atoms with E-state index in [0.29, 0.717) is 30.9 Å². The lowest BCUT2D eigenvalue weighted by Crippen LogP contribution is -2.55. The number of guanidine groups is 1. The van der Waals surface area contributed by atoms with E-state index in [2.05, 4.69) is 5.32 Å². The molecule has 2 aliphatic heterocycles. The fourth-order valence-corrected chi connectivity index (χ4v) is 5.83. The van der Waals surface area contributed by atoms with Gasteiger partial charge in [-0.25, -0.2) is 4.99 Å². The number of rotatable bonds is 9. The molecule has 1 fully saturated rings. The van der Waals surface area contributed by atoms with Crippen LogP contribution in [-0.4, -0.2) is 53.6 Å². The molecular formula is C28H39ClN4O4. The fourth-order valence-electron chi connectivity index (χ4n) is 5.65. The fraction of sp³-hybridized carbons (Fsp3) is 0.607. The minimum Gasteiger partial charge on any atom is -0.487 e. The largest absolute Gasteiger partial charge is 0.487 e. The molecule has 1 aliphatic carbocycles. The van der Waals surface area contributed by atoms with E-state index in [9.17, 15) is 9.59 Å². The first-order chi connectivity index (χ1) is 17.5. The van der Waals surface area contributed by atoms with Crippen molar-refractivity contribution >= 4 is 29.4 Å². The molecule has 37 heavy (non-hydrogen) atoms. The lowest BCUT2D eigenvalue weighted by Gasteiger charge is -2.39. The Hall–Kier alpha value is -2.58. The highest BCUT2D eigenvalue weighted by Gasteiger charge is 2.52. The Bertz CT molecular complexity index is 1100. The molecule has 0 aromatic heterocycles. The second-order valence-electron chi connectivity index (χ2n) is 11.0. The van der Waals surface area contributed by atoms with Gasteiger partial charge < -0.3 is 20.5 Å². The van der Waals surface area contributed by atoms with Crippen LogP contribution in [0.4, 0.5) is 0 Å². The number of methoxy groups -OCH3 is 1. The number of benzene rings is 1. The van der Waals surface area contributed by atoms with Crippen molar-refractivity contribution in [2.24, 2.45) is 22.6 Å². The van der Waals surface area contributed by atoms with Crippen LogP contribution in [-0.2, 0) is 14.3 Å². The van der Waals surface area contributed by atoms with E-state index in [-0.39, 0.29) is 41.7 Å². The Labute approximate surface area is 224 Å². The molecular weight excluding hydrogens is 492 g/mol. The van der Waals surface area contributed by atoms with Gasteiger partial charge in [-0.2, -0.15) is 0 Å². The van der Waals surface area contributed by atoms with E-state index < -0.39 is 11.1 Å². The van der Waals surface area contributed by atoms with Gasteiger partial charge in [-0.15, -0.1) is 0 Å². The summed E-state index contributed by atoms with van der Waals surface area (Å²) in [6, 6.07) is 4.93. The third-order valence-corrected chi connectivity index (χ3v) is 8.15. The van der Waals surface area contributed by atoms with Crippen molar-refractivity contribution < 1.29 is 19.1 Å². The first-order valence-corrected chi connectivity index (χ1v) is 13.5. The van der Waals surface area contributed by atoms with Crippen molar-refractivity contribution in [2.45, 2.75) is 83.0 Å². The van der Waals surface area contributed by atoms with E-state index in [1.807, 2.05) is 52.0 Å². The lowest BCUT2D eigenvalue weighted by molar-refractivity contribution is -0.131. The monoisotopic (exact) mass is 530 g/mol. The zero-order valence-corrected chi connectivity index (χ0v) is 23.2. The van der Waals surface area contributed by atoms with Crippen LogP contribution in [0.3, 0.4) is 0 Å². The summed E-state index contributed by atoms with van der Waals surface area (Å²) in [5.41, 5.74) is 6.40. The normalized spacial score (nSPS) is 26.8. The molecule has 9 heteroatoms. The van der Waals surface area contributed by atoms with Crippen LogP contribution in [0.25, 0.3) is 0 Å². The maximum atomic E-state index is 13.5. The smallest absolute Gasteiger partial charge is 0.232 e. The van der Waals surface area contributed by atoms with Gasteiger partial charge in [-0.1, -0.05) is 37.6 Å². The standard InChI is InChI=1S/C28H39ClN4O4/c1-6-28(7-2)16-24(34)33(26(30)32-28)22(9-8-12-36-5)18-14-19(18)25(35)31-21-15-27(3,4)37-23-11-10-17(29)13-20(21)23/h8-11,13,18-19,21-22H,6-7,12,14-16H2,1-5H3,(H2,30,32)(H,31,35)/b9-8+/t18-,19?,21-,22?/m0/s1. The SMILES string of the molecule is CCC1(CC)CC(=O)N(C(/C=C/COC)[C@H]2CC2C(=O)N[C@H]2CC(C)(C)Oc3ccc(Cl)cc32)C(N)=N1. The molecule has 2 unspecified atom stereocenters. The van der Waals surface area contributed by atoms with Gasteiger partial charge in [0.15, 0.2) is 5.96 Å². The Morgan fingerprint density at radius 2 is 2.11 bits per heavy atom. The number of aliphatic imine (C=N–C) groups is 1. The van der Waals surface area contributed by atoms with E-state index in [1.54, 1.807) is 18.1 Å². The third-order valence-electron chi connectivity index (χ3n) is 7.92. The minimum absolute atomic E-state index is 0.0415. The number of halogens is 1. The molecule has 2 amide bonds. The number of amides is 2. The topological polar surface area (TPSA) is 106 Å². The predicted molar refractivity (Wildman–Crippen MR) is 144 cm³/mol. The highest BCUT2D eigenvalue weighted by Crippen LogP contribution is 2.47. The summed E-state index contributed by atoms with van der Waals surface area (Å²) in [4.78, 5) is 33.2. The molecule has 4 rings (SSSR count). The van der Waals surface area contributed by atoms with Crippen molar-refractivity contribution in [3.8, 4) is 5.75 Å². The van der Waals surface area contributed by atoms with Gasteiger partial charge in [0, 0.05) is 30.0 Å². The van der Waals surface area contributed by atoms with E-state index >= 15 is 0 Å². The number of ether oxygens (including phenoxy) is 2. The summed E-state index contributed by atoms with van der Waals surface area (Å²) < 4.78 is 11.3. The highest BCUT2D eigenvalue weighted by atomic mass is 35.5. The molecule has 1 aromatic rings. The van der Waals surface area contributed by atoms with Gasteiger partial charge in [0.2, 0.25) is 11.8 Å². The first kappa shape index (κ1) is 27.5. The molecule has 3 aliphatic rings. The molecule has 202 valence electrons. The Morgan fingerprint density at radius 3 is 2.76 bits per heavy atom. The second-order valence-corrected chi connectivity index (χ2v) is 11.5. The molecule has 1 aromatic carbocycles. The van der Waals surface area contributed by atoms with Gasteiger partial charge in [0.25, 0.3) is 0 Å². The Balaban J connectivity index is 1.54. The molecule has 0 saturated heterocycles. The number of nitrogens with two attached hydrogens (primary N) is 1. The molecule has 3 N–H and O–H groups in total. The molecule has 0 bridgehead atoms. The number of carbonyl (C=O) groups excluding carboxylic acids is 2. The first-order valence-electron chi connectivity index (χ1n) is 13.1. The van der Waals surface area contributed by atoms with Crippen LogP contribution < -0.4 is 15.8 Å². The van der Waals surface area contributed by atoms with Gasteiger partial charge in [-0.3, -0.25) is 14.5 Å². The van der Waals surface area contributed by atoms with E-state index in [0.717, 1.165) is 24.2 Å². The summed E-state index contributed by atoms with van der Waals surface area (Å²) in [5.74, 6) is 0.567. The number of carbonyl (C=O) groups is 2. The average Bonchev–Trinajstić information content (AvgIpc) is 3.63. The minimum atomic E-state index is -0.455. The summed E-state index contributed by atoms with van der Waals surface area (Å²) in [6.07, 6.45) is 6.89. The van der Waals surface area contributed by atoms with Crippen molar-refractivity contribution in [1.29, 1.82) is 0 Å². The van der Waals surface area contributed by atoms with Crippen LogP contribution in [0, 0.1) is 11.8 Å². The summed E-state index contributed by atoms with van der Waals surface area (Å²) in [7, 11) is 1.62. The lowest BCUT2D eigenvalue weighted by atomic mass is 9.87. The van der Waals surface area contributed by atoms with Crippen molar-refractivity contribution in [3.05, 3.63) is 40.9 Å². The van der Waals surface area contributed by atoms with Crippen LogP contribution >= 0.6 is 11.6 Å². The van der Waals surface area contributed by atoms with Crippen LogP contribution in [0.2, 0.25) is 5.02 Å². The number of nitrogens with zero attached hydrogens (tertiary/aromatic N) is 2. The second kappa shape index (κ2) is 10.7. The molecule has 0 spiro atoms. The van der Waals surface area contributed by atoms with Crippen molar-refractivity contribution in [2.75, 3.05) is 13.7 Å². The summed E-state index contributed by atoms with van der Waals surface area (Å²) in [5, 5.41) is 3.84. The Morgan fingerprint density at radius 1 is 1.38 bits per heavy atom. The summed E-state index contributed by atoms with van der Waals surface area (Å²) >= 11 is 6.26. The van der Waals surface area contributed by atoms with Crippen LogP contribution in [0.1, 0.15) is 71.4 Å². The predicted octanol–water partition coefficient (Wildman–Crippen LogP) is 4.37. The zero-order chi connectivity index (χ0) is 27.0. The van der Waals surface area contributed by atoms with E-state index in [4.69, 9.17) is 31.8 Å². The van der Waals surface area contributed by atoms with Crippen molar-refractivity contribution in [1.82, 2.24) is 10.2 Å². The van der Waals surface area contributed by atoms with Crippen molar-refractivity contribution in [3.63, 3.8) is 0 Å². The zero-order valence-electron chi connectivity index (χ0n) is 22.4. The average molecular weight is 531 g/mol. The molecule has 4 atom stereocenters. The van der Waals surface area contributed by atoms with Crippen LogP contribution in [0.15, 0.2) is 35.3 Å². The van der Waals surface area contributed by atoms with Gasteiger partial charge >= 0.3 is 0 Å². The molecule has 1 saturated carbocycles. The third kappa shape index (κ3) is 5.80. The van der Waals surface area contributed by atoms with Gasteiger partial charge in [0.05, 0.1) is 30.7 Å². The number of nitrogens with one attached hydrogen (secondary N) is 1. The Kier molecular flexibility index (Phi) is 7.91. The number of hydrogen-bond acceptors (Lipinski definition) is 6. The van der Waals surface area contributed by atoms with Crippen LogP contribution in [0.5, 0.6) is 5.75 Å². The maximum Gasteiger partial charge on any atom is 0.232 e. The van der Waals surface area contributed by atoms with Gasteiger partial charge in [-0.05, 0) is 57.2 Å². The maximum absolute atomic E-state index is 13.5. The summed E-state index contributed by atoms with van der Waals surface area (Å²) in [6.45, 7) is 8.49. The number of hydrogen-bond donors (Lipinski definition) is 2. The molecule has 2 heterocycles. The number of fused-ring (bicyclic) bond motifs is 1. The highest BCUT2D eigenvalue weighted by molar-refractivity contribution is 6.30.